The Bertz CT molecular complexity index is 1070. The summed E-state index contributed by atoms with van der Waals surface area (Å²) in [5.74, 6) is 2.39. The van der Waals surface area contributed by atoms with Crippen molar-refractivity contribution in [3.63, 3.8) is 0 Å². The maximum atomic E-state index is 13.8. The minimum absolute atomic E-state index is 0.0304. The molecule has 2 fully saturated rings. The molecule has 2 saturated carbocycles. The van der Waals surface area contributed by atoms with Crippen LogP contribution >= 0.6 is 0 Å². The van der Waals surface area contributed by atoms with Crippen molar-refractivity contribution in [2.24, 2.45) is 5.92 Å². The summed E-state index contributed by atoms with van der Waals surface area (Å²) in [4.78, 5) is 20.7. The van der Waals surface area contributed by atoms with E-state index in [9.17, 15) is 4.79 Å². The van der Waals surface area contributed by atoms with Crippen LogP contribution in [0.15, 0.2) is 53.1 Å². The molecule has 160 valence electrons. The molecule has 0 N–H and O–H groups in total. The molecule has 31 heavy (non-hydrogen) atoms. The van der Waals surface area contributed by atoms with Gasteiger partial charge in [-0.25, -0.2) is 4.68 Å². The number of rotatable bonds is 2. The Labute approximate surface area is 182 Å². The molecule has 6 rings (SSSR count). The van der Waals surface area contributed by atoms with Gasteiger partial charge in [0.05, 0.1) is 11.8 Å². The first kappa shape index (κ1) is 18.8. The maximum Gasteiger partial charge on any atom is 0.260 e. The van der Waals surface area contributed by atoms with Gasteiger partial charge in [-0.2, -0.15) is 4.98 Å². The third-order valence-corrected chi connectivity index (χ3v) is 7.68. The molecule has 2 aromatic heterocycles. The van der Waals surface area contributed by atoms with Crippen LogP contribution in [0, 0.1) is 5.92 Å². The standard InChI is InChI=1S/C25H28N4O2/c30-23(18-10-3-1-4-11-18)28-20-13-6-5-12-19(20)25(15-7-2-8-16-25)29-24(28)26-22(27-29)21-14-9-17-31-21/h1,3-4,9-11,14,17,19-20H,2,5-8,12-13,15-16H2/t19-,20+/m1/s1. The van der Waals surface area contributed by atoms with Crippen LogP contribution in [0.5, 0.6) is 0 Å². The summed E-state index contributed by atoms with van der Waals surface area (Å²) in [6.07, 6.45) is 12.2. The van der Waals surface area contributed by atoms with E-state index < -0.39 is 0 Å². The fourth-order valence-corrected chi connectivity index (χ4v) is 6.33. The van der Waals surface area contributed by atoms with Crippen molar-refractivity contribution in [3.8, 4) is 11.6 Å². The largest absolute Gasteiger partial charge is 0.461 e. The third kappa shape index (κ3) is 2.87. The Kier molecular flexibility index (Phi) is 4.47. The number of anilines is 1. The first-order chi connectivity index (χ1) is 15.3. The second kappa shape index (κ2) is 7.36. The van der Waals surface area contributed by atoms with E-state index in [4.69, 9.17) is 14.5 Å². The van der Waals surface area contributed by atoms with Crippen LogP contribution in [-0.2, 0) is 5.54 Å². The second-order valence-electron chi connectivity index (χ2n) is 9.29. The van der Waals surface area contributed by atoms with Crippen molar-refractivity contribution in [2.45, 2.75) is 69.4 Å². The number of furan rings is 1. The molecule has 6 nitrogen and oxygen atoms in total. The van der Waals surface area contributed by atoms with Gasteiger partial charge in [-0.05, 0) is 49.9 Å². The van der Waals surface area contributed by atoms with E-state index >= 15 is 0 Å². The predicted molar refractivity (Wildman–Crippen MR) is 118 cm³/mol. The number of benzene rings is 1. The summed E-state index contributed by atoms with van der Waals surface area (Å²) in [7, 11) is 0. The molecule has 0 saturated heterocycles. The van der Waals surface area contributed by atoms with Crippen LogP contribution in [0.2, 0.25) is 0 Å². The zero-order valence-electron chi connectivity index (χ0n) is 17.7. The van der Waals surface area contributed by atoms with Crippen LogP contribution in [-0.4, -0.2) is 26.7 Å². The highest BCUT2D eigenvalue weighted by molar-refractivity contribution is 6.06. The fourth-order valence-electron chi connectivity index (χ4n) is 6.33. The summed E-state index contributed by atoms with van der Waals surface area (Å²) >= 11 is 0. The Morgan fingerprint density at radius 1 is 0.968 bits per heavy atom. The molecule has 1 aromatic carbocycles. The number of hydrogen-bond acceptors (Lipinski definition) is 4. The van der Waals surface area contributed by atoms with Gasteiger partial charge in [0.2, 0.25) is 11.8 Å². The van der Waals surface area contributed by atoms with Gasteiger partial charge in [0.15, 0.2) is 5.76 Å². The number of hydrogen-bond donors (Lipinski definition) is 0. The van der Waals surface area contributed by atoms with E-state index in [1.165, 1.54) is 25.7 Å². The second-order valence-corrected chi connectivity index (χ2v) is 9.29. The highest BCUT2D eigenvalue weighted by Gasteiger charge is 2.55. The van der Waals surface area contributed by atoms with Gasteiger partial charge in [0, 0.05) is 17.5 Å². The number of nitrogens with zero attached hydrogens (tertiary/aromatic N) is 4. The predicted octanol–water partition coefficient (Wildman–Crippen LogP) is 5.42. The molecular formula is C25H28N4O2. The van der Waals surface area contributed by atoms with Crippen molar-refractivity contribution in [1.82, 2.24) is 14.8 Å². The Morgan fingerprint density at radius 2 is 1.77 bits per heavy atom. The van der Waals surface area contributed by atoms with Crippen LogP contribution in [0.4, 0.5) is 5.95 Å². The quantitative estimate of drug-likeness (QED) is 0.560. The Morgan fingerprint density at radius 3 is 2.55 bits per heavy atom. The molecule has 2 aliphatic carbocycles. The Balaban J connectivity index is 1.55. The molecule has 1 spiro atoms. The lowest BCUT2D eigenvalue weighted by Crippen LogP contribution is -2.61. The Hall–Kier alpha value is -2.89. The topological polar surface area (TPSA) is 64.2 Å². The van der Waals surface area contributed by atoms with E-state index in [1.807, 2.05) is 47.4 Å². The molecule has 0 radical (unpaired) electrons. The van der Waals surface area contributed by atoms with E-state index in [0.717, 1.165) is 32.1 Å². The third-order valence-electron chi connectivity index (χ3n) is 7.68. The molecule has 3 aliphatic rings. The van der Waals surface area contributed by atoms with Gasteiger partial charge >= 0.3 is 0 Å². The SMILES string of the molecule is O=C(c1ccccc1)N1c2nc(-c3ccco3)nn2C2(CCCCC2)[C@@H]2CCCC[C@@H]21. The van der Waals surface area contributed by atoms with Crippen LogP contribution in [0.1, 0.15) is 68.1 Å². The minimum atomic E-state index is -0.0377. The van der Waals surface area contributed by atoms with Crippen molar-refractivity contribution in [3.05, 3.63) is 54.3 Å². The highest BCUT2D eigenvalue weighted by atomic mass is 16.3. The van der Waals surface area contributed by atoms with Crippen molar-refractivity contribution in [2.75, 3.05) is 4.90 Å². The average molecular weight is 417 g/mol. The minimum Gasteiger partial charge on any atom is -0.461 e. The molecular weight excluding hydrogens is 388 g/mol. The lowest BCUT2D eigenvalue weighted by Gasteiger charge is -2.55. The van der Waals surface area contributed by atoms with Gasteiger partial charge in [-0.15, -0.1) is 5.10 Å². The first-order valence-corrected chi connectivity index (χ1v) is 11.7. The molecule has 3 heterocycles. The molecule has 3 aromatic rings. The number of carbonyl (C=O) groups excluding carboxylic acids is 1. The smallest absolute Gasteiger partial charge is 0.260 e. The number of fused-ring (bicyclic) bond motifs is 4. The number of aromatic nitrogens is 3. The monoisotopic (exact) mass is 416 g/mol. The van der Waals surface area contributed by atoms with Crippen LogP contribution in [0.3, 0.4) is 0 Å². The number of amides is 1. The van der Waals surface area contributed by atoms with Gasteiger partial charge < -0.3 is 4.42 Å². The fraction of sp³-hybridized carbons (Fsp3) is 0.480. The lowest BCUT2D eigenvalue weighted by molar-refractivity contribution is 0.0314. The van der Waals surface area contributed by atoms with Crippen molar-refractivity contribution < 1.29 is 9.21 Å². The van der Waals surface area contributed by atoms with Crippen LogP contribution in [0.25, 0.3) is 11.6 Å². The molecule has 0 unspecified atom stereocenters. The van der Waals surface area contributed by atoms with Gasteiger partial charge in [-0.1, -0.05) is 50.3 Å². The highest BCUT2D eigenvalue weighted by Crippen LogP contribution is 2.53. The maximum absolute atomic E-state index is 13.8. The average Bonchev–Trinajstić information content (AvgIpc) is 3.51. The zero-order valence-corrected chi connectivity index (χ0v) is 17.7. The summed E-state index contributed by atoms with van der Waals surface area (Å²) < 4.78 is 7.77. The van der Waals surface area contributed by atoms with E-state index in [1.54, 1.807) is 6.26 Å². The normalized spacial score (nSPS) is 24.6. The van der Waals surface area contributed by atoms with Gasteiger partial charge in [-0.3, -0.25) is 9.69 Å². The molecule has 1 amide bonds. The van der Waals surface area contributed by atoms with E-state index in [0.29, 0.717) is 29.0 Å². The zero-order chi connectivity index (χ0) is 20.8. The summed E-state index contributed by atoms with van der Waals surface area (Å²) in [5, 5.41) is 5.01. The van der Waals surface area contributed by atoms with Crippen molar-refractivity contribution >= 4 is 11.9 Å². The molecule has 0 bridgehead atoms. The number of carbonyl (C=O) groups is 1. The van der Waals surface area contributed by atoms with E-state index in [2.05, 4.69) is 4.68 Å². The lowest BCUT2D eigenvalue weighted by atomic mass is 9.64. The summed E-state index contributed by atoms with van der Waals surface area (Å²) in [6, 6.07) is 13.5. The van der Waals surface area contributed by atoms with Crippen molar-refractivity contribution in [1.29, 1.82) is 0 Å². The first-order valence-electron chi connectivity index (χ1n) is 11.7. The van der Waals surface area contributed by atoms with Crippen LogP contribution < -0.4 is 4.90 Å². The summed E-state index contributed by atoms with van der Waals surface area (Å²) in [6.45, 7) is 0. The molecule has 2 atom stereocenters. The molecule has 6 heteroatoms. The van der Waals surface area contributed by atoms with Gasteiger partial charge in [0.1, 0.15) is 0 Å². The summed E-state index contributed by atoms with van der Waals surface area (Å²) in [5.41, 5.74) is 0.671. The van der Waals surface area contributed by atoms with E-state index in [-0.39, 0.29) is 17.5 Å². The van der Waals surface area contributed by atoms with Gasteiger partial charge in [0.25, 0.3) is 5.91 Å². The molecule has 1 aliphatic heterocycles.